The zero-order valence-electron chi connectivity index (χ0n) is 28.1. The van der Waals surface area contributed by atoms with Gasteiger partial charge in [-0.05, 0) is 38.1 Å². The van der Waals surface area contributed by atoms with Crippen LogP contribution in [0.25, 0.3) is 5.69 Å². The van der Waals surface area contributed by atoms with Gasteiger partial charge in [-0.25, -0.2) is 4.68 Å². The van der Waals surface area contributed by atoms with Crippen LogP contribution in [0.15, 0.2) is 133 Å². The summed E-state index contributed by atoms with van der Waals surface area (Å²) in [6, 6.07) is 21.1. The molecular formula is C32H25CrN9O12S+. The summed E-state index contributed by atoms with van der Waals surface area (Å²) >= 11 is 0. The smallest absolute Gasteiger partial charge is 0.871 e. The van der Waals surface area contributed by atoms with Crippen molar-refractivity contribution in [3.8, 4) is 17.2 Å². The van der Waals surface area contributed by atoms with Gasteiger partial charge in [0.15, 0.2) is 11.4 Å². The van der Waals surface area contributed by atoms with Crippen LogP contribution in [0.3, 0.4) is 0 Å². The molecule has 281 valence electrons. The molecule has 0 saturated heterocycles. The second-order valence-corrected chi connectivity index (χ2v) is 12.0. The van der Waals surface area contributed by atoms with Gasteiger partial charge in [0.2, 0.25) is 0 Å². The first-order valence-corrected chi connectivity index (χ1v) is 16.3. The maximum absolute atomic E-state index is 12.5. The van der Waals surface area contributed by atoms with Crippen LogP contribution in [0, 0.1) is 27.2 Å². The zero-order chi connectivity index (χ0) is 39.7. The quantitative estimate of drug-likeness (QED) is 0.0349. The van der Waals surface area contributed by atoms with Crippen LogP contribution in [0.4, 0.5) is 34.1 Å². The number of hydrogen-bond acceptors (Lipinski definition) is 15. The molecule has 4 aromatic carbocycles. The predicted molar refractivity (Wildman–Crippen MR) is 185 cm³/mol. The van der Waals surface area contributed by atoms with E-state index in [1.54, 1.807) is 61.5 Å². The molecule has 0 aliphatic carbocycles. The zero-order valence-corrected chi connectivity index (χ0v) is 30.2. The molecule has 21 nitrogen and oxygen atoms in total. The third kappa shape index (κ3) is 10.7. The van der Waals surface area contributed by atoms with Crippen molar-refractivity contribution in [2.75, 3.05) is 5.32 Å². The first kappa shape index (κ1) is 42.4. The molecule has 5 rings (SSSR count). The number of azo groups is 2. The first-order chi connectivity index (χ1) is 25.5. The fourth-order valence-electron chi connectivity index (χ4n) is 4.26. The minimum atomic E-state index is -5.08. The number of aliphatic hydroxyl groups is 1. The molecule has 23 heteroatoms. The van der Waals surface area contributed by atoms with Crippen LogP contribution in [0.5, 0.6) is 11.5 Å². The van der Waals surface area contributed by atoms with Crippen LogP contribution >= 0.6 is 0 Å². The summed E-state index contributed by atoms with van der Waals surface area (Å²) in [6.07, 6.45) is 0. The van der Waals surface area contributed by atoms with Crippen LogP contribution < -0.4 is 21.1 Å². The van der Waals surface area contributed by atoms with Gasteiger partial charge in [-0.2, -0.15) is 18.6 Å². The number of aryl methyl sites for hydroxylation is 1. The van der Waals surface area contributed by atoms with E-state index in [0.717, 1.165) is 25.1 Å². The van der Waals surface area contributed by atoms with Crippen LogP contribution in [-0.2, 0) is 32.3 Å². The van der Waals surface area contributed by atoms with Crippen molar-refractivity contribution >= 4 is 50.1 Å². The molecule has 1 amide bonds. The first-order valence-electron chi connectivity index (χ1n) is 14.9. The minimum Gasteiger partial charge on any atom is -0.871 e. The minimum absolute atomic E-state index is 0. The fourth-order valence-corrected chi connectivity index (χ4v) is 4.87. The number of benzene rings is 4. The Kier molecular flexibility index (Phi) is 14.0. The molecule has 1 radical (unpaired) electrons. The molecule has 1 heterocycles. The maximum Gasteiger partial charge on any atom is 3.00 e. The topological polar surface area (TPSA) is 323 Å². The van der Waals surface area contributed by atoms with Crippen molar-refractivity contribution in [3.05, 3.63) is 139 Å². The van der Waals surface area contributed by atoms with Gasteiger partial charge >= 0.3 is 17.4 Å². The van der Waals surface area contributed by atoms with Crippen molar-refractivity contribution in [1.29, 1.82) is 0 Å². The maximum atomic E-state index is 12.5. The number of rotatable bonds is 10. The second-order valence-electron chi connectivity index (χ2n) is 10.6. The molecule has 0 aliphatic heterocycles. The molecule has 5 aromatic rings. The van der Waals surface area contributed by atoms with E-state index in [1.165, 1.54) is 4.68 Å². The monoisotopic (exact) mass is 811 g/mol. The Morgan fingerprint density at radius 3 is 2.00 bits per heavy atom. The van der Waals surface area contributed by atoms with Gasteiger partial charge < -0.3 is 20.6 Å². The van der Waals surface area contributed by atoms with Gasteiger partial charge in [0, 0.05) is 30.0 Å². The number of nitro benzene ring substituents is 2. The molecule has 55 heavy (non-hydrogen) atoms. The number of nitro groups is 2. The molecule has 0 fully saturated rings. The van der Waals surface area contributed by atoms with E-state index in [9.17, 15) is 53.6 Å². The largest absolute Gasteiger partial charge is 3.00 e. The number of anilines is 1. The number of aromatic nitrogens is 2. The van der Waals surface area contributed by atoms with E-state index >= 15 is 0 Å². The second kappa shape index (κ2) is 18.1. The summed E-state index contributed by atoms with van der Waals surface area (Å²) in [7, 11) is -5.08. The summed E-state index contributed by atoms with van der Waals surface area (Å²) in [5.74, 6) is -3.39. The summed E-state index contributed by atoms with van der Waals surface area (Å²) in [6.45, 7) is 2.74. The Labute approximate surface area is 319 Å². The Morgan fingerprint density at radius 1 is 0.855 bits per heavy atom. The Hall–Kier alpha value is -7.06. The standard InChI is InChI=1S/C16H13N5O4.C16H14N4O8S.Cr/c1-10-15(16(23)20(19-10)11-5-3-2-4-6-11)18-17-13-9-12(21(24)25)7-8-14(13)22;1-9(21)14(16(23)17-10-5-3-2-4-6-10)19-18-12-7-11(20(24)25)8-13(15(12)22)29(26,27)28;/h2-9,19,22H,1H3;2-8,21-22H,1H3,(H,17,23)(H,26,27,28);/q;;+3/p-2. The van der Waals surface area contributed by atoms with Crippen LogP contribution in [-0.4, -0.2) is 43.6 Å². The summed E-state index contributed by atoms with van der Waals surface area (Å²) in [5, 5.41) is 74.9. The molecule has 0 atom stereocenters. The van der Waals surface area contributed by atoms with Crippen LogP contribution in [0.2, 0.25) is 0 Å². The number of allylic oxidation sites excluding steroid dienone is 1. The number of carbonyl (C=O) groups excluding carboxylic acids is 1. The third-order valence-corrected chi connectivity index (χ3v) is 7.68. The Morgan fingerprint density at radius 2 is 1.44 bits per heavy atom. The molecule has 0 aliphatic rings. The molecule has 0 bridgehead atoms. The van der Waals surface area contributed by atoms with Crippen molar-refractivity contribution < 1.29 is 60.3 Å². The third-order valence-electron chi connectivity index (χ3n) is 6.82. The van der Waals surface area contributed by atoms with Crippen LogP contribution in [0.1, 0.15) is 12.6 Å². The van der Waals surface area contributed by atoms with Gasteiger partial charge in [-0.1, -0.05) is 54.0 Å². The number of carbonyl (C=O) groups is 1. The van der Waals surface area contributed by atoms with Gasteiger partial charge in [0.25, 0.3) is 33.0 Å². The molecular weight excluding hydrogens is 786 g/mol. The Balaban J connectivity index is 0.000000293. The SMILES string of the molecule is CC(O)=C(N=Nc1cc([N+](=O)[O-])cc(S(=O)(=O)O)c1[O-])C(=O)Nc1ccccc1.Cc1[nH]n(-c2ccccc2)c(=O)c1N=Nc1cc([N+](=O)[O-])ccc1[O-].[Cr+3]. The number of nitrogens with one attached hydrogen (secondary N) is 2. The van der Waals surface area contributed by atoms with Crippen molar-refractivity contribution in [2.45, 2.75) is 18.7 Å². The number of aliphatic hydroxyl groups excluding tert-OH is 1. The summed E-state index contributed by atoms with van der Waals surface area (Å²) in [4.78, 5) is 43.5. The van der Waals surface area contributed by atoms with E-state index in [-0.39, 0.29) is 34.4 Å². The van der Waals surface area contributed by atoms with Crippen molar-refractivity contribution in [2.24, 2.45) is 20.5 Å². The molecule has 4 N–H and O–H groups in total. The van der Waals surface area contributed by atoms with Gasteiger partial charge in [-0.15, -0.1) is 10.2 Å². The number of amides is 1. The number of hydrogen-bond donors (Lipinski definition) is 4. The van der Waals surface area contributed by atoms with Gasteiger partial charge in [0.1, 0.15) is 5.76 Å². The van der Waals surface area contributed by atoms with Crippen molar-refractivity contribution in [1.82, 2.24) is 9.78 Å². The summed E-state index contributed by atoms with van der Waals surface area (Å²) in [5.41, 5.74) is -1.79. The molecule has 0 saturated carbocycles. The van der Waals surface area contributed by atoms with E-state index in [0.29, 0.717) is 29.2 Å². The fraction of sp³-hybridized carbons (Fsp3) is 0.0625. The number of nitrogens with zero attached hydrogens (tertiary/aromatic N) is 7. The van der Waals surface area contributed by atoms with E-state index in [2.05, 4.69) is 30.9 Å². The normalized spacial score (nSPS) is 11.6. The summed E-state index contributed by atoms with van der Waals surface area (Å²) < 4.78 is 33.0. The van der Waals surface area contributed by atoms with E-state index in [1.807, 2.05) is 6.07 Å². The van der Waals surface area contributed by atoms with E-state index < -0.39 is 70.7 Å². The predicted octanol–water partition coefficient (Wildman–Crippen LogP) is 5.30. The number of H-pyrrole nitrogens is 1. The molecule has 0 spiro atoms. The van der Waals surface area contributed by atoms with Gasteiger partial charge in [0.05, 0.1) is 37.5 Å². The van der Waals surface area contributed by atoms with Gasteiger partial charge in [-0.3, -0.25) is 39.5 Å². The number of aromatic amines is 1. The average molecular weight is 812 g/mol. The molecule has 0 unspecified atom stereocenters. The Bertz CT molecular complexity index is 2500. The van der Waals surface area contributed by atoms with E-state index in [4.69, 9.17) is 4.55 Å². The van der Waals surface area contributed by atoms with Crippen molar-refractivity contribution in [3.63, 3.8) is 0 Å². The molecule has 1 aromatic heterocycles. The number of para-hydroxylation sites is 2. The average Bonchev–Trinajstić information content (AvgIpc) is 3.40. The number of non-ortho nitro benzene ring substituents is 2.